The minimum atomic E-state index is -4.78. The number of benzene rings is 2. The molecular formula is C26H29F3N4O2. The maximum absolute atomic E-state index is 13.1. The summed E-state index contributed by atoms with van der Waals surface area (Å²) in [6, 6.07) is 15.8. The van der Waals surface area contributed by atoms with Crippen molar-refractivity contribution in [1.29, 1.82) is 0 Å². The fourth-order valence-corrected chi connectivity index (χ4v) is 4.42. The number of rotatable bonds is 9. The Kier molecular flexibility index (Phi) is 7.75. The Morgan fingerprint density at radius 1 is 1.09 bits per heavy atom. The lowest BCUT2D eigenvalue weighted by atomic mass is 10.0. The van der Waals surface area contributed by atoms with Crippen LogP contribution in [0.5, 0.6) is 5.75 Å². The van der Waals surface area contributed by atoms with Crippen molar-refractivity contribution in [2.75, 3.05) is 18.0 Å². The van der Waals surface area contributed by atoms with E-state index in [4.69, 9.17) is 0 Å². The molecule has 0 saturated carbocycles. The smallest absolute Gasteiger partial charge is 0.406 e. The van der Waals surface area contributed by atoms with Crippen molar-refractivity contribution >= 4 is 11.6 Å². The summed E-state index contributed by atoms with van der Waals surface area (Å²) in [5, 5.41) is 0. The van der Waals surface area contributed by atoms with Gasteiger partial charge in [-0.25, -0.2) is 4.98 Å². The summed E-state index contributed by atoms with van der Waals surface area (Å²) in [6.45, 7) is 3.95. The maximum atomic E-state index is 13.1. The molecule has 2 heterocycles. The zero-order chi connectivity index (χ0) is 24.8. The number of nitrogens with zero attached hydrogens (tertiary/aromatic N) is 4. The molecule has 35 heavy (non-hydrogen) atoms. The summed E-state index contributed by atoms with van der Waals surface area (Å²) in [5.41, 5.74) is 2.58. The SMILES string of the molecule is CCCC[C@H]1CN(c2cccc(OC(F)(F)F)c2)C(=O)CN1Cc1cncn1Cc1ccccc1. The fourth-order valence-electron chi connectivity index (χ4n) is 4.42. The number of halogens is 3. The second kappa shape index (κ2) is 10.9. The van der Waals surface area contributed by atoms with Crippen molar-refractivity contribution in [1.82, 2.24) is 14.5 Å². The Labute approximate surface area is 202 Å². The molecule has 0 spiro atoms. The van der Waals surface area contributed by atoms with E-state index in [9.17, 15) is 18.0 Å². The number of hydrogen-bond acceptors (Lipinski definition) is 4. The van der Waals surface area contributed by atoms with E-state index < -0.39 is 6.36 Å². The Bertz CT molecular complexity index is 1120. The minimum Gasteiger partial charge on any atom is -0.406 e. The number of unbranched alkanes of at least 4 members (excludes halogenated alkanes) is 1. The maximum Gasteiger partial charge on any atom is 0.573 e. The van der Waals surface area contributed by atoms with Gasteiger partial charge in [0.15, 0.2) is 0 Å². The average Bonchev–Trinajstić information content (AvgIpc) is 3.24. The van der Waals surface area contributed by atoms with Crippen LogP contribution in [-0.2, 0) is 17.9 Å². The number of anilines is 1. The molecule has 1 aliphatic heterocycles. The highest BCUT2D eigenvalue weighted by Gasteiger charge is 2.34. The first kappa shape index (κ1) is 24.8. The third-order valence-electron chi connectivity index (χ3n) is 6.16. The van der Waals surface area contributed by atoms with E-state index in [-0.39, 0.29) is 24.2 Å². The quantitative estimate of drug-likeness (QED) is 0.415. The van der Waals surface area contributed by atoms with Gasteiger partial charge in [-0.1, -0.05) is 56.2 Å². The van der Waals surface area contributed by atoms with Crippen LogP contribution in [0.15, 0.2) is 67.1 Å². The Morgan fingerprint density at radius 3 is 2.63 bits per heavy atom. The number of amides is 1. The molecule has 1 aromatic heterocycles. The van der Waals surface area contributed by atoms with Crippen molar-refractivity contribution < 1.29 is 22.7 Å². The van der Waals surface area contributed by atoms with Crippen molar-refractivity contribution in [3.8, 4) is 5.75 Å². The summed E-state index contributed by atoms with van der Waals surface area (Å²) in [4.78, 5) is 21.2. The monoisotopic (exact) mass is 486 g/mol. The lowest BCUT2D eigenvalue weighted by Gasteiger charge is -2.41. The van der Waals surface area contributed by atoms with E-state index in [1.807, 2.05) is 24.4 Å². The molecule has 0 radical (unpaired) electrons. The number of ether oxygens (including phenoxy) is 1. The predicted molar refractivity (Wildman–Crippen MR) is 127 cm³/mol. The first-order valence-corrected chi connectivity index (χ1v) is 11.8. The third-order valence-corrected chi connectivity index (χ3v) is 6.16. The molecule has 0 unspecified atom stereocenters. The van der Waals surface area contributed by atoms with E-state index in [2.05, 4.69) is 38.2 Å². The van der Waals surface area contributed by atoms with Crippen LogP contribution < -0.4 is 9.64 Å². The van der Waals surface area contributed by atoms with Gasteiger partial charge in [-0.15, -0.1) is 13.2 Å². The third kappa shape index (κ3) is 6.63. The van der Waals surface area contributed by atoms with Crippen molar-refractivity contribution in [2.24, 2.45) is 0 Å². The zero-order valence-corrected chi connectivity index (χ0v) is 19.6. The minimum absolute atomic E-state index is 0.0694. The molecule has 4 rings (SSSR count). The number of piperazine rings is 1. The number of carbonyl (C=O) groups excluding carboxylic acids is 1. The molecule has 2 aromatic carbocycles. The molecule has 6 nitrogen and oxygen atoms in total. The van der Waals surface area contributed by atoms with Gasteiger partial charge in [-0.05, 0) is 24.1 Å². The molecule has 0 N–H and O–H groups in total. The van der Waals surface area contributed by atoms with Crippen LogP contribution in [0.1, 0.15) is 37.4 Å². The van der Waals surface area contributed by atoms with E-state index in [1.54, 1.807) is 17.3 Å². The van der Waals surface area contributed by atoms with Crippen molar-refractivity contribution in [3.05, 3.63) is 78.4 Å². The van der Waals surface area contributed by atoms with Gasteiger partial charge in [-0.2, -0.15) is 0 Å². The highest BCUT2D eigenvalue weighted by Crippen LogP contribution is 2.29. The Morgan fingerprint density at radius 2 is 1.89 bits per heavy atom. The largest absolute Gasteiger partial charge is 0.573 e. The van der Waals surface area contributed by atoms with E-state index in [1.165, 1.54) is 18.2 Å². The molecule has 1 atom stereocenters. The lowest BCUT2D eigenvalue weighted by Crippen LogP contribution is -2.56. The summed E-state index contributed by atoms with van der Waals surface area (Å²) >= 11 is 0. The van der Waals surface area contributed by atoms with Crippen molar-refractivity contribution in [2.45, 2.75) is 51.7 Å². The van der Waals surface area contributed by atoms with Crippen LogP contribution in [-0.4, -0.2) is 45.9 Å². The molecule has 9 heteroatoms. The van der Waals surface area contributed by atoms with Crippen molar-refractivity contribution in [3.63, 3.8) is 0 Å². The first-order valence-electron chi connectivity index (χ1n) is 11.8. The average molecular weight is 487 g/mol. The van der Waals surface area contributed by atoms with Crippen LogP contribution in [0.3, 0.4) is 0 Å². The molecule has 3 aromatic rings. The molecule has 186 valence electrons. The van der Waals surface area contributed by atoms with Crippen LogP contribution in [0.4, 0.5) is 18.9 Å². The summed E-state index contributed by atoms with van der Waals surface area (Å²) in [6.07, 6.45) is 1.73. The molecule has 0 bridgehead atoms. The first-order chi connectivity index (χ1) is 16.8. The van der Waals surface area contributed by atoms with Gasteiger partial charge in [-0.3, -0.25) is 9.69 Å². The van der Waals surface area contributed by atoms with Crippen LogP contribution >= 0.6 is 0 Å². The van der Waals surface area contributed by atoms with E-state index >= 15 is 0 Å². The van der Waals surface area contributed by atoms with Gasteiger partial charge in [0.1, 0.15) is 5.75 Å². The second-order valence-corrected chi connectivity index (χ2v) is 8.75. The normalized spacial score (nSPS) is 17.1. The molecule has 0 aliphatic carbocycles. The van der Waals surface area contributed by atoms with Crippen LogP contribution in [0, 0.1) is 0 Å². The zero-order valence-electron chi connectivity index (χ0n) is 19.6. The standard InChI is InChI=1S/C26H29F3N4O2/c1-2-3-10-22-17-33(21-11-7-12-24(13-21)35-26(27,28)29)25(34)18-31(22)16-23-14-30-19-32(23)15-20-8-5-4-6-9-20/h4-9,11-14,19,22H,2-3,10,15-18H2,1H3/t22-/m0/s1. The lowest BCUT2D eigenvalue weighted by molar-refractivity contribution is -0.274. The second-order valence-electron chi connectivity index (χ2n) is 8.75. The van der Waals surface area contributed by atoms with Gasteiger partial charge < -0.3 is 14.2 Å². The fraction of sp³-hybridized carbons (Fsp3) is 0.385. The van der Waals surface area contributed by atoms with Crippen LogP contribution in [0.25, 0.3) is 0 Å². The number of imidazole rings is 1. The van der Waals surface area contributed by atoms with Gasteiger partial charge >= 0.3 is 6.36 Å². The number of hydrogen-bond donors (Lipinski definition) is 0. The number of aromatic nitrogens is 2. The molecule has 1 fully saturated rings. The topological polar surface area (TPSA) is 50.6 Å². The highest BCUT2D eigenvalue weighted by atomic mass is 19.4. The number of alkyl halides is 3. The Hall–Kier alpha value is -3.33. The summed E-state index contributed by atoms with van der Waals surface area (Å²) in [7, 11) is 0. The molecule has 1 saturated heterocycles. The van der Waals surface area contributed by atoms with E-state index in [0.29, 0.717) is 25.3 Å². The highest BCUT2D eigenvalue weighted by molar-refractivity contribution is 5.95. The molecule has 1 amide bonds. The van der Waals surface area contributed by atoms with E-state index in [0.717, 1.165) is 30.5 Å². The summed E-state index contributed by atoms with van der Waals surface area (Å²) in [5.74, 6) is -0.490. The van der Waals surface area contributed by atoms with Crippen LogP contribution in [0.2, 0.25) is 0 Å². The van der Waals surface area contributed by atoms with Gasteiger partial charge in [0.25, 0.3) is 0 Å². The van der Waals surface area contributed by atoms with Gasteiger partial charge in [0.2, 0.25) is 5.91 Å². The Balaban J connectivity index is 1.51. The molecular weight excluding hydrogens is 457 g/mol. The van der Waals surface area contributed by atoms with Gasteiger partial charge in [0.05, 0.1) is 18.6 Å². The van der Waals surface area contributed by atoms with Gasteiger partial charge in [0, 0.05) is 43.6 Å². The molecule has 1 aliphatic rings. The summed E-state index contributed by atoms with van der Waals surface area (Å²) < 4.78 is 44.2. The number of carbonyl (C=O) groups is 1. The predicted octanol–water partition coefficient (Wildman–Crippen LogP) is 5.24.